The predicted molar refractivity (Wildman–Crippen MR) is 91.6 cm³/mol. The van der Waals surface area contributed by atoms with E-state index in [1.165, 1.54) is 21.7 Å². The van der Waals surface area contributed by atoms with Crippen LogP contribution in [0.15, 0.2) is 52.9 Å². The van der Waals surface area contributed by atoms with Crippen LogP contribution >= 0.6 is 11.8 Å². The quantitative estimate of drug-likeness (QED) is 0.724. The number of benzene rings is 1. The number of nitrogens with zero attached hydrogens (tertiary/aromatic N) is 1. The van der Waals surface area contributed by atoms with Crippen molar-refractivity contribution in [2.75, 3.05) is 5.75 Å². The molecule has 0 amide bonds. The van der Waals surface area contributed by atoms with Crippen molar-refractivity contribution in [2.45, 2.75) is 32.1 Å². The first-order valence-electron chi connectivity index (χ1n) is 7.40. The molecule has 0 atom stereocenters. The van der Waals surface area contributed by atoms with Crippen molar-refractivity contribution in [3.05, 3.63) is 65.0 Å². The van der Waals surface area contributed by atoms with Crippen molar-refractivity contribution in [2.24, 2.45) is 5.41 Å². The monoisotopic (exact) mass is 295 g/mol. The molecule has 0 radical (unpaired) electrons. The Morgan fingerprint density at radius 1 is 1.10 bits per heavy atom. The van der Waals surface area contributed by atoms with E-state index >= 15 is 0 Å². The zero-order chi connectivity index (χ0) is 14.9. The molecule has 1 aliphatic carbocycles. The molecule has 21 heavy (non-hydrogen) atoms. The highest BCUT2D eigenvalue weighted by Gasteiger charge is 2.28. The highest BCUT2D eigenvalue weighted by molar-refractivity contribution is 7.99. The van der Waals surface area contributed by atoms with Crippen LogP contribution in [0.1, 0.15) is 30.8 Å². The number of hydrogen-bond donors (Lipinski definition) is 0. The average molecular weight is 295 g/mol. The summed E-state index contributed by atoms with van der Waals surface area (Å²) in [5, 5.41) is 0. The van der Waals surface area contributed by atoms with E-state index in [0.29, 0.717) is 0 Å². The number of fused-ring (bicyclic) bond motifs is 1. The summed E-state index contributed by atoms with van der Waals surface area (Å²) in [4.78, 5) is 6.00. The molecule has 108 valence electrons. The topological polar surface area (TPSA) is 12.9 Å². The van der Waals surface area contributed by atoms with Gasteiger partial charge in [-0.15, -0.1) is 11.8 Å². The van der Waals surface area contributed by atoms with Crippen molar-refractivity contribution in [3.8, 4) is 0 Å². The summed E-state index contributed by atoms with van der Waals surface area (Å²) in [6, 6.07) is 15.0. The van der Waals surface area contributed by atoms with Crippen molar-refractivity contribution < 1.29 is 0 Å². The van der Waals surface area contributed by atoms with E-state index in [2.05, 4.69) is 74.3 Å². The SMILES string of the molecule is Cc1ccc2c(n1)C=C(C(C)(C)CSc1ccccc1)C2. The second-order valence-corrected chi connectivity index (χ2v) is 7.38. The Hall–Kier alpha value is -1.54. The number of aryl methyl sites for hydroxylation is 1. The first kappa shape index (κ1) is 14.4. The summed E-state index contributed by atoms with van der Waals surface area (Å²) >= 11 is 1.93. The fourth-order valence-electron chi connectivity index (χ4n) is 2.61. The number of thioether (sulfide) groups is 1. The Morgan fingerprint density at radius 2 is 1.86 bits per heavy atom. The number of rotatable bonds is 4. The number of hydrogen-bond acceptors (Lipinski definition) is 2. The van der Waals surface area contributed by atoms with Crippen LogP contribution in [0.25, 0.3) is 6.08 Å². The molecule has 0 spiro atoms. The van der Waals surface area contributed by atoms with E-state index in [4.69, 9.17) is 0 Å². The Balaban J connectivity index is 1.73. The zero-order valence-electron chi connectivity index (χ0n) is 12.9. The molecule has 0 saturated heterocycles. The van der Waals surface area contributed by atoms with E-state index in [-0.39, 0.29) is 5.41 Å². The van der Waals surface area contributed by atoms with Crippen molar-refractivity contribution in [3.63, 3.8) is 0 Å². The number of pyridine rings is 1. The van der Waals surface area contributed by atoms with E-state index in [1.54, 1.807) is 0 Å². The molecule has 1 aromatic carbocycles. The predicted octanol–water partition coefficient (Wildman–Crippen LogP) is 5.15. The molecule has 1 nitrogen and oxygen atoms in total. The summed E-state index contributed by atoms with van der Waals surface area (Å²) in [5.41, 5.74) is 5.33. The van der Waals surface area contributed by atoms with Crippen LogP contribution < -0.4 is 0 Å². The Morgan fingerprint density at radius 3 is 2.62 bits per heavy atom. The van der Waals surface area contributed by atoms with Gasteiger partial charge in [0, 0.05) is 16.3 Å². The highest BCUT2D eigenvalue weighted by atomic mass is 32.2. The van der Waals surface area contributed by atoms with Gasteiger partial charge < -0.3 is 0 Å². The van der Waals surface area contributed by atoms with Crippen molar-refractivity contribution in [1.82, 2.24) is 4.98 Å². The lowest BCUT2D eigenvalue weighted by molar-refractivity contribution is 0.510. The maximum atomic E-state index is 4.65. The third-order valence-corrected chi connectivity index (χ3v) is 5.53. The Kier molecular flexibility index (Phi) is 3.90. The first-order valence-corrected chi connectivity index (χ1v) is 8.38. The minimum atomic E-state index is 0.190. The second kappa shape index (κ2) is 5.69. The van der Waals surface area contributed by atoms with Gasteiger partial charge in [0.1, 0.15) is 0 Å². The fraction of sp³-hybridized carbons (Fsp3) is 0.316. The summed E-state index contributed by atoms with van der Waals surface area (Å²) in [6.07, 6.45) is 3.35. The molecule has 0 fully saturated rings. The van der Waals surface area contributed by atoms with Gasteiger partial charge in [0.25, 0.3) is 0 Å². The third-order valence-electron chi connectivity index (χ3n) is 4.06. The molecule has 1 heterocycles. The van der Waals surface area contributed by atoms with Gasteiger partial charge in [-0.25, -0.2) is 0 Å². The van der Waals surface area contributed by atoms with Gasteiger partial charge in [0.05, 0.1) is 5.69 Å². The number of aromatic nitrogens is 1. The smallest absolute Gasteiger partial charge is 0.0667 e. The van der Waals surface area contributed by atoms with Crippen molar-refractivity contribution in [1.29, 1.82) is 0 Å². The third kappa shape index (κ3) is 3.21. The van der Waals surface area contributed by atoms with E-state index < -0.39 is 0 Å². The van der Waals surface area contributed by atoms with Crippen LogP contribution in [0.5, 0.6) is 0 Å². The van der Waals surface area contributed by atoms with Gasteiger partial charge in [-0.2, -0.15) is 0 Å². The van der Waals surface area contributed by atoms with Gasteiger partial charge in [-0.05, 0) is 48.6 Å². The molecule has 0 saturated carbocycles. The number of allylic oxidation sites excluding steroid dienone is 1. The highest BCUT2D eigenvalue weighted by Crippen LogP contribution is 2.39. The fourth-order valence-corrected chi connectivity index (χ4v) is 3.67. The minimum absolute atomic E-state index is 0.190. The van der Waals surface area contributed by atoms with E-state index in [9.17, 15) is 0 Å². The van der Waals surface area contributed by atoms with E-state index in [1.807, 2.05) is 11.8 Å². The molecule has 1 aromatic heterocycles. The summed E-state index contributed by atoms with van der Waals surface area (Å²) in [5.74, 6) is 1.09. The van der Waals surface area contributed by atoms with Crippen LogP contribution in [-0.2, 0) is 6.42 Å². The van der Waals surface area contributed by atoms with Crippen LogP contribution in [0.3, 0.4) is 0 Å². The van der Waals surface area contributed by atoms with Crippen molar-refractivity contribution >= 4 is 17.8 Å². The molecule has 0 unspecified atom stereocenters. The Labute approximate surface area is 131 Å². The zero-order valence-corrected chi connectivity index (χ0v) is 13.7. The van der Waals surface area contributed by atoms with Crippen LogP contribution in [0.2, 0.25) is 0 Å². The van der Waals surface area contributed by atoms with Gasteiger partial charge in [0.15, 0.2) is 0 Å². The lowest BCUT2D eigenvalue weighted by Crippen LogP contribution is -2.18. The average Bonchev–Trinajstić information content (AvgIpc) is 2.90. The molecular weight excluding hydrogens is 274 g/mol. The first-order chi connectivity index (χ1) is 10.0. The van der Waals surface area contributed by atoms with Crippen LogP contribution in [0, 0.1) is 12.3 Å². The minimum Gasteiger partial charge on any atom is -0.253 e. The Bertz CT molecular complexity index is 671. The molecule has 1 aliphatic rings. The largest absolute Gasteiger partial charge is 0.253 e. The second-order valence-electron chi connectivity index (χ2n) is 6.33. The molecule has 0 aliphatic heterocycles. The maximum Gasteiger partial charge on any atom is 0.0667 e. The molecule has 0 N–H and O–H groups in total. The van der Waals surface area contributed by atoms with Gasteiger partial charge in [-0.3, -0.25) is 4.98 Å². The molecule has 2 aromatic rings. The molecule has 3 rings (SSSR count). The normalized spacial score (nSPS) is 14.0. The molecular formula is C19H21NS. The standard InChI is InChI=1S/C19H21NS/c1-14-9-10-15-11-16(12-18(15)20-14)19(2,3)13-21-17-7-5-4-6-8-17/h4-10,12H,11,13H2,1-3H3. The van der Waals surface area contributed by atoms with Gasteiger partial charge >= 0.3 is 0 Å². The maximum absolute atomic E-state index is 4.65. The molecule has 2 heteroatoms. The lowest BCUT2D eigenvalue weighted by atomic mass is 9.85. The molecule has 0 bridgehead atoms. The van der Waals surface area contributed by atoms with E-state index in [0.717, 1.165) is 17.9 Å². The summed E-state index contributed by atoms with van der Waals surface area (Å²) in [6.45, 7) is 6.74. The summed E-state index contributed by atoms with van der Waals surface area (Å²) in [7, 11) is 0. The van der Waals surface area contributed by atoms with Crippen LogP contribution in [-0.4, -0.2) is 10.7 Å². The van der Waals surface area contributed by atoms with Crippen LogP contribution in [0.4, 0.5) is 0 Å². The summed E-state index contributed by atoms with van der Waals surface area (Å²) < 4.78 is 0. The lowest BCUT2D eigenvalue weighted by Gasteiger charge is -2.26. The van der Waals surface area contributed by atoms with Gasteiger partial charge in [-0.1, -0.05) is 43.7 Å². The van der Waals surface area contributed by atoms with Gasteiger partial charge in [0.2, 0.25) is 0 Å².